The largest absolute Gasteiger partial charge is 0.249 e. The summed E-state index contributed by atoms with van der Waals surface area (Å²) in [6, 6.07) is 22.0. The number of aliphatic imine (C=N–C) groups is 1. The number of aryl methyl sites for hydroxylation is 2. The summed E-state index contributed by atoms with van der Waals surface area (Å²) in [4.78, 5) is 16.1. The van der Waals surface area contributed by atoms with Gasteiger partial charge in [0, 0.05) is 20.9 Å². The SMILES string of the molecule is Cc1ccc(S(=O)c2c(C)ccc3c2C(c2ccccc2)=Nc2cncnc2S3)cc1. The number of nitrogens with zero attached hydrogens (tertiary/aromatic N) is 3. The van der Waals surface area contributed by atoms with Crippen LogP contribution in [0.15, 0.2) is 104 Å². The maximum Gasteiger partial charge on any atom is 0.130 e. The van der Waals surface area contributed by atoms with Crippen LogP contribution in [0.4, 0.5) is 5.69 Å². The fourth-order valence-corrected chi connectivity index (χ4v) is 5.93. The van der Waals surface area contributed by atoms with Gasteiger partial charge in [0.25, 0.3) is 0 Å². The first-order chi connectivity index (χ1) is 15.1. The van der Waals surface area contributed by atoms with Crippen LogP contribution in [-0.2, 0) is 10.8 Å². The lowest BCUT2D eigenvalue weighted by Crippen LogP contribution is -2.11. The number of hydrogen-bond donors (Lipinski definition) is 0. The molecule has 6 heteroatoms. The minimum Gasteiger partial charge on any atom is -0.249 e. The number of fused-ring (bicyclic) bond motifs is 2. The minimum absolute atomic E-state index is 0.715. The lowest BCUT2D eigenvalue weighted by molar-refractivity contribution is 0.682. The van der Waals surface area contributed by atoms with Gasteiger partial charge in [-0.05, 0) is 37.6 Å². The number of benzene rings is 3. The van der Waals surface area contributed by atoms with Crippen molar-refractivity contribution in [1.82, 2.24) is 9.97 Å². The molecule has 2 heterocycles. The molecule has 0 radical (unpaired) electrons. The molecular weight excluding hydrogens is 422 g/mol. The Balaban J connectivity index is 1.80. The second kappa shape index (κ2) is 8.21. The summed E-state index contributed by atoms with van der Waals surface area (Å²) in [7, 11) is -1.35. The smallest absolute Gasteiger partial charge is 0.130 e. The van der Waals surface area contributed by atoms with E-state index in [1.54, 1.807) is 6.20 Å². The maximum absolute atomic E-state index is 13.8. The van der Waals surface area contributed by atoms with E-state index in [9.17, 15) is 4.21 Å². The predicted octanol–water partition coefficient (Wildman–Crippen LogP) is 5.89. The summed E-state index contributed by atoms with van der Waals surface area (Å²) >= 11 is 1.54. The van der Waals surface area contributed by atoms with Gasteiger partial charge in [-0.15, -0.1) is 0 Å². The van der Waals surface area contributed by atoms with Crippen LogP contribution in [0.1, 0.15) is 22.3 Å². The summed E-state index contributed by atoms with van der Waals surface area (Å²) in [5, 5.41) is 0.790. The van der Waals surface area contributed by atoms with Gasteiger partial charge in [0.15, 0.2) is 0 Å². The third-order valence-corrected chi connectivity index (χ3v) is 7.78. The number of rotatable bonds is 3. The first-order valence-corrected chi connectivity index (χ1v) is 11.8. The molecule has 5 rings (SSSR count). The van der Waals surface area contributed by atoms with Gasteiger partial charge < -0.3 is 0 Å². The van der Waals surface area contributed by atoms with Crippen molar-refractivity contribution in [1.29, 1.82) is 0 Å². The average molecular weight is 442 g/mol. The molecule has 3 aromatic carbocycles. The molecule has 31 heavy (non-hydrogen) atoms. The molecule has 0 N–H and O–H groups in total. The summed E-state index contributed by atoms with van der Waals surface area (Å²) in [5.41, 5.74) is 5.48. The molecule has 0 saturated heterocycles. The molecule has 0 saturated carbocycles. The lowest BCUT2D eigenvalue weighted by Gasteiger charge is -2.17. The standard InChI is InChI=1S/C25H19N3OS2/c1-16-8-11-19(12-9-16)31(29)24-17(2)10-13-21-22(24)23(18-6-4-3-5-7-18)28-20-14-26-15-27-25(20)30-21/h3-15H,1-2H3. The average Bonchev–Trinajstić information content (AvgIpc) is 2.97. The Morgan fingerprint density at radius 1 is 0.903 bits per heavy atom. The fourth-order valence-electron chi connectivity index (χ4n) is 3.55. The van der Waals surface area contributed by atoms with Crippen LogP contribution >= 0.6 is 11.8 Å². The van der Waals surface area contributed by atoms with Crippen LogP contribution in [-0.4, -0.2) is 19.9 Å². The molecule has 1 atom stereocenters. The van der Waals surface area contributed by atoms with Crippen molar-refractivity contribution in [3.8, 4) is 0 Å². The highest BCUT2D eigenvalue weighted by Crippen LogP contribution is 2.42. The van der Waals surface area contributed by atoms with Crippen molar-refractivity contribution in [3.05, 3.63) is 102 Å². The third kappa shape index (κ3) is 3.73. The normalized spacial score (nSPS) is 13.5. The van der Waals surface area contributed by atoms with E-state index in [1.165, 1.54) is 18.1 Å². The van der Waals surface area contributed by atoms with Crippen LogP contribution in [0, 0.1) is 13.8 Å². The molecule has 1 aromatic heterocycles. The van der Waals surface area contributed by atoms with Gasteiger partial charge in [-0.25, -0.2) is 19.2 Å². The van der Waals surface area contributed by atoms with Crippen molar-refractivity contribution in [3.63, 3.8) is 0 Å². The lowest BCUT2D eigenvalue weighted by atomic mass is 10.00. The van der Waals surface area contributed by atoms with Gasteiger partial charge in [0.1, 0.15) is 17.0 Å². The van der Waals surface area contributed by atoms with Crippen LogP contribution in [0.5, 0.6) is 0 Å². The molecule has 1 unspecified atom stereocenters. The highest BCUT2D eigenvalue weighted by Gasteiger charge is 2.27. The van der Waals surface area contributed by atoms with Crippen molar-refractivity contribution in [2.24, 2.45) is 4.99 Å². The highest BCUT2D eigenvalue weighted by atomic mass is 32.2. The summed E-state index contributed by atoms with van der Waals surface area (Å²) in [5.74, 6) is 0. The Hall–Kier alpha value is -3.09. The van der Waals surface area contributed by atoms with Crippen molar-refractivity contribution >= 4 is 34.0 Å². The van der Waals surface area contributed by atoms with E-state index in [0.29, 0.717) is 5.69 Å². The highest BCUT2D eigenvalue weighted by molar-refractivity contribution is 7.99. The van der Waals surface area contributed by atoms with Gasteiger partial charge in [-0.3, -0.25) is 0 Å². The first kappa shape index (κ1) is 19.8. The molecule has 0 fully saturated rings. The van der Waals surface area contributed by atoms with E-state index < -0.39 is 10.8 Å². The topological polar surface area (TPSA) is 55.2 Å². The van der Waals surface area contributed by atoms with E-state index in [4.69, 9.17) is 4.99 Å². The number of hydrogen-bond acceptors (Lipinski definition) is 5. The summed E-state index contributed by atoms with van der Waals surface area (Å²) in [6.45, 7) is 4.04. The molecule has 152 valence electrons. The Labute approximate surface area is 188 Å². The predicted molar refractivity (Wildman–Crippen MR) is 125 cm³/mol. The fraction of sp³-hybridized carbons (Fsp3) is 0.0800. The molecule has 4 aromatic rings. The minimum atomic E-state index is -1.35. The zero-order valence-electron chi connectivity index (χ0n) is 17.1. The second-order valence-corrected chi connectivity index (χ2v) is 9.76. The Morgan fingerprint density at radius 3 is 2.45 bits per heavy atom. The maximum atomic E-state index is 13.8. The molecule has 0 amide bonds. The molecule has 0 aliphatic carbocycles. The summed E-state index contributed by atoms with van der Waals surface area (Å²) in [6.07, 6.45) is 3.27. The second-order valence-electron chi connectivity index (χ2n) is 7.31. The van der Waals surface area contributed by atoms with E-state index in [0.717, 1.165) is 47.7 Å². The van der Waals surface area contributed by atoms with Crippen molar-refractivity contribution in [2.45, 2.75) is 33.6 Å². The Morgan fingerprint density at radius 2 is 1.68 bits per heavy atom. The van der Waals surface area contributed by atoms with E-state index >= 15 is 0 Å². The molecule has 1 aliphatic rings. The molecule has 0 spiro atoms. The van der Waals surface area contributed by atoms with Crippen molar-refractivity contribution < 1.29 is 4.21 Å². The Kier molecular flexibility index (Phi) is 5.26. The monoisotopic (exact) mass is 441 g/mol. The van der Waals surface area contributed by atoms with Crippen LogP contribution in [0.25, 0.3) is 0 Å². The number of aromatic nitrogens is 2. The summed E-state index contributed by atoms with van der Waals surface area (Å²) < 4.78 is 13.8. The zero-order chi connectivity index (χ0) is 21.4. The molecule has 1 aliphatic heterocycles. The van der Waals surface area contributed by atoms with Gasteiger partial charge in [-0.1, -0.05) is 65.9 Å². The van der Waals surface area contributed by atoms with Crippen molar-refractivity contribution in [2.75, 3.05) is 0 Å². The Bertz CT molecular complexity index is 1330. The van der Waals surface area contributed by atoms with Crippen LogP contribution in [0.2, 0.25) is 0 Å². The van der Waals surface area contributed by atoms with E-state index in [1.807, 2.05) is 74.5 Å². The molecule has 0 bridgehead atoms. The van der Waals surface area contributed by atoms with Gasteiger partial charge >= 0.3 is 0 Å². The van der Waals surface area contributed by atoms with Crippen LogP contribution < -0.4 is 0 Å². The molecular formula is C25H19N3OS2. The van der Waals surface area contributed by atoms with E-state index in [-0.39, 0.29) is 0 Å². The van der Waals surface area contributed by atoms with Crippen LogP contribution in [0.3, 0.4) is 0 Å². The van der Waals surface area contributed by atoms with Gasteiger partial charge in [0.2, 0.25) is 0 Å². The third-order valence-electron chi connectivity index (χ3n) is 5.12. The zero-order valence-corrected chi connectivity index (χ0v) is 18.7. The van der Waals surface area contributed by atoms with E-state index in [2.05, 4.69) is 16.0 Å². The van der Waals surface area contributed by atoms with Gasteiger partial charge in [0.05, 0.1) is 27.6 Å². The molecule has 4 nitrogen and oxygen atoms in total. The van der Waals surface area contributed by atoms with Gasteiger partial charge in [-0.2, -0.15) is 0 Å². The first-order valence-electron chi connectivity index (χ1n) is 9.86. The quantitative estimate of drug-likeness (QED) is 0.327.